The quantitative estimate of drug-likeness (QED) is 0.547. The number of benzene rings is 1. The molecule has 0 unspecified atom stereocenters. The highest BCUT2D eigenvalue weighted by molar-refractivity contribution is 5.17. The lowest BCUT2D eigenvalue weighted by molar-refractivity contribution is -0.0421. The first-order chi connectivity index (χ1) is 14.3. The van der Waals surface area contributed by atoms with Gasteiger partial charge in [0.1, 0.15) is 5.82 Å². The Morgan fingerprint density at radius 3 is 2.86 bits per heavy atom. The van der Waals surface area contributed by atoms with Gasteiger partial charge in [0.2, 0.25) is 0 Å². The lowest BCUT2D eigenvalue weighted by Gasteiger charge is -2.27. The fraction of sp³-hybridized carbons (Fsp3) is 0.455. The Balaban J connectivity index is 1.46. The van der Waals surface area contributed by atoms with E-state index in [4.69, 9.17) is 4.74 Å². The summed E-state index contributed by atoms with van der Waals surface area (Å²) in [5.41, 5.74) is 1.82. The Hall–Kier alpha value is -2.51. The summed E-state index contributed by atoms with van der Waals surface area (Å²) >= 11 is 0. The van der Waals surface area contributed by atoms with Crippen molar-refractivity contribution in [1.29, 1.82) is 0 Å². The van der Waals surface area contributed by atoms with Gasteiger partial charge in [0.15, 0.2) is 6.23 Å². The van der Waals surface area contributed by atoms with Crippen LogP contribution in [0.5, 0.6) is 0 Å². The van der Waals surface area contributed by atoms with Crippen molar-refractivity contribution in [3.63, 3.8) is 0 Å². The number of aryl methyl sites for hydroxylation is 1. The van der Waals surface area contributed by atoms with Gasteiger partial charge in [0.05, 0.1) is 12.0 Å². The molecule has 154 valence electrons. The molecule has 29 heavy (non-hydrogen) atoms. The van der Waals surface area contributed by atoms with Crippen LogP contribution >= 0.6 is 0 Å². The fourth-order valence-corrected chi connectivity index (χ4v) is 3.85. The third-order valence-corrected chi connectivity index (χ3v) is 5.37. The van der Waals surface area contributed by atoms with Crippen LogP contribution in [0.2, 0.25) is 0 Å². The minimum Gasteiger partial charge on any atom is -0.357 e. The van der Waals surface area contributed by atoms with Crippen LogP contribution in [0.25, 0.3) is 0 Å². The minimum atomic E-state index is -0.156. The highest BCUT2D eigenvalue weighted by Crippen LogP contribution is 2.24. The topological polar surface area (TPSA) is 48.1 Å². The Morgan fingerprint density at radius 2 is 2.07 bits per heavy atom. The van der Waals surface area contributed by atoms with Gasteiger partial charge in [-0.25, -0.2) is 14.1 Å². The van der Waals surface area contributed by atoms with Gasteiger partial charge in [-0.2, -0.15) is 5.10 Å². The Morgan fingerprint density at radius 1 is 1.14 bits per heavy atom. The number of ether oxygens (including phenoxy) is 1. The van der Waals surface area contributed by atoms with E-state index in [1.807, 2.05) is 41.6 Å². The molecule has 3 aromatic rings. The summed E-state index contributed by atoms with van der Waals surface area (Å²) in [5, 5.41) is 4.52. The van der Waals surface area contributed by atoms with Crippen LogP contribution in [0.15, 0.2) is 55.2 Å². The van der Waals surface area contributed by atoms with Crippen molar-refractivity contribution in [2.45, 2.75) is 51.5 Å². The predicted molar refractivity (Wildman–Crippen MR) is 108 cm³/mol. The highest BCUT2D eigenvalue weighted by atomic mass is 19.1. The van der Waals surface area contributed by atoms with E-state index in [9.17, 15) is 4.39 Å². The SMILES string of the molecule is Fc1ccccc1CN(CCCn1ccnc1)Cc1ccnn1[C@H]1CCCCO1. The normalized spacial score (nSPS) is 17.1. The molecule has 0 bridgehead atoms. The zero-order valence-corrected chi connectivity index (χ0v) is 16.7. The molecule has 0 aliphatic carbocycles. The second-order valence-electron chi connectivity index (χ2n) is 7.54. The molecule has 1 atom stereocenters. The van der Waals surface area contributed by atoms with E-state index in [1.54, 1.807) is 12.3 Å². The van der Waals surface area contributed by atoms with Crippen molar-refractivity contribution in [3.05, 3.63) is 72.3 Å². The maximum Gasteiger partial charge on any atom is 0.150 e. The number of hydrogen-bond acceptors (Lipinski definition) is 4. The third kappa shape index (κ3) is 5.31. The van der Waals surface area contributed by atoms with Crippen LogP contribution in [-0.4, -0.2) is 37.4 Å². The van der Waals surface area contributed by atoms with Gasteiger partial charge in [0, 0.05) is 56.9 Å². The number of hydrogen-bond donors (Lipinski definition) is 0. The molecular weight excluding hydrogens is 369 g/mol. The van der Waals surface area contributed by atoms with Gasteiger partial charge in [-0.1, -0.05) is 18.2 Å². The molecule has 1 aromatic carbocycles. The number of rotatable bonds is 9. The summed E-state index contributed by atoms with van der Waals surface area (Å²) in [6, 6.07) is 9.06. The third-order valence-electron chi connectivity index (χ3n) is 5.37. The van der Waals surface area contributed by atoms with Gasteiger partial charge in [-0.05, 0) is 37.8 Å². The summed E-state index contributed by atoms with van der Waals surface area (Å²) in [6.07, 6.45) is 11.7. The first-order valence-electron chi connectivity index (χ1n) is 10.3. The number of halogens is 1. The number of nitrogens with zero attached hydrogens (tertiary/aromatic N) is 5. The molecule has 4 rings (SSSR count). The minimum absolute atomic E-state index is 0.00927. The fourth-order valence-electron chi connectivity index (χ4n) is 3.85. The van der Waals surface area contributed by atoms with E-state index in [0.29, 0.717) is 13.1 Å². The molecule has 0 N–H and O–H groups in total. The summed E-state index contributed by atoms with van der Waals surface area (Å²) in [4.78, 5) is 6.38. The van der Waals surface area contributed by atoms with E-state index in [0.717, 1.165) is 56.6 Å². The maximum atomic E-state index is 14.3. The van der Waals surface area contributed by atoms with Crippen LogP contribution < -0.4 is 0 Å². The lowest BCUT2D eigenvalue weighted by atomic mass is 10.1. The van der Waals surface area contributed by atoms with Crippen LogP contribution in [-0.2, 0) is 24.4 Å². The molecule has 0 saturated carbocycles. The molecule has 1 aliphatic rings. The molecule has 0 radical (unpaired) electrons. The van der Waals surface area contributed by atoms with Gasteiger partial charge in [-0.15, -0.1) is 0 Å². The highest BCUT2D eigenvalue weighted by Gasteiger charge is 2.20. The van der Waals surface area contributed by atoms with Crippen molar-refractivity contribution < 1.29 is 9.13 Å². The van der Waals surface area contributed by atoms with E-state index in [2.05, 4.69) is 19.5 Å². The molecule has 6 nitrogen and oxygen atoms in total. The second-order valence-corrected chi connectivity index (χ2v) is 7.54. The molecule has 0 amide bonds. The summed E-state index contributed by atoms with van der Waals surface area (Å²) in [5.74, 6) is -0.156. The monoisotopic (exact) mass is 397 g/mol. The largest absolute Gasteiger partial charge is 0.357 e. The van der Waals surface area contributed by atoms with Crippen LogP contribution in [0, 0.1) is 5.82 Å². The Labute approximate surface area is 170 Å². The Kier molecular flexibility index (Phi) is 6.69. The lowest BCUT2D eigenvalue weighted by Crippen LogP contribution is -2.28. The van der Waals surface area contributed by atoms with Crippen molar-refractivity contribution in [1.82, 2.24) is 24.2 Å². The summed E-state index contributed by atoms with van der Waals surface area (Å²) in [6.45, 7) is 3.79. The molecule has 1 aliphatic heterocycles. The van der Waals surface area contributed by atoms with E-state index in [-0.39, 0.29) is 12.0 Å². The van der Waals surface area contributed by atoms with E-state index >= 15 is 0 Å². The average molecular weight is 397 g/mol. The molecule has 1 fully saturated rings. The number of aromatic nitrogens is 4. The van der Waals surface area contributed by atoms with Gasteiger partial charge in [-0.3, -0.25) is 4.90 Å². The Bertz CT molecular complexity index is 873. The maximum absolute atomic E-state index is 14.3. The molecule has 3 heterocycles. The van der Waals surface area contributed by atoms with Crippen molar-refractivity contribution in [2.24, 2.45) is 0 Å². The second kappa shape index (κ2) is 9.80. The first-order valence-corrected chi connectivity index (χ1v) is 10.3. The van der Waals surface area contributed by atoms with Crippen molar-refractivity contribution >= 4 is 0 Å². The standard InChI is InChI=1S/C22H28FN5O/c23-21-7-2-1-6-19(21)16-27(13-5-12-26-14-11-24-18-26)17-20-9-10-25-28(20)22-8-3-4-15-29-22/h1-2,6-7,9-11,14,18,22H,3-5,8,12-13,15-17H2/t22-/m1/s1. The van der Waals surface area contributed by atoms with Crippen LogP contribution in [0.4, 0.5) is 4.39 Å². The predicted octanol–water partition coefficient (Wildman–Crippen LogP) is 4.01. The zero-order chi connectivity index (χ0) is 19.9. The molecule has 2 aromatic heterocycles. The molecular formula is C22H28FN5O. The molecule has 0 spiro atoms. The first kappa shape index (κ1) is 19.8. The summed E-state index contributed by atoms with van der Waals surface area (Å²) in [7, 11) is 0. The van der Waals surface area contributed by atoms with Gasteiger partial charge < -0.3 is 9.30 Å². The zero-order valence-electron chi connectivity index (χ0n) is 16.7. The molecule has 7 heteroatoms. The average Bonchev–Trinajstić information content (AvgIpc) is 3.42. The summed E-state index contributed by atoms with van der Waals surface area (Å²) < 4.78 is 24.3. The van der Waals surface area contributed by atoms with Crippen molar-refractivity contribution in [2.75, 3.05) is 13.2 Å². The van der Waals surface area contributed by atoms with Crippen molar-refractivity contribution in [3.8, 4) is 0 Å². The van der Waals surface area contributed by atoms with E-state index in [1.165, 1.54) is 6.07 Å². The van der Waals surface area contributed by atoms with Crippen LogP contribution in [0.3, 0.4) is 0 Å². The van der Waals surface area contributed by atoms with Crippen LogP contribution in [0.1, 0.15) is 43.2 Å². The van der Waals surface area contributed by atoms with Gasteiger partial charge >= 0.3 is 0 Å². The van der Waals surface area contributed by atoms with Gasteiger partial charge in [0.25, 0.3) is 0 Å². The smallest absolute Gasteiger partial charge is 0.150 e. The number of imidazole rings is 1. The molecule has 1 saturated heterocycles. The van der Waals surface area contributed by atoms with E-state index < -0.39 is 0 Å².